The first kappa shape index (κ1) is 20.4. The van der Waals surface area contributed by atoms with Crippen LogP contribution in [0.4, 0.5) is 5.13 Å². The fourth-order valence-electron chi connectivity index (χ4n) is 4.31. The van der Waals surface area contributed by atoms with Gasteiger partial charge in [-0.1, -0.05) is 19.3 Å². The topological polar surface area (TPSA) is 89.0 Å². The standard InChI is InChI=1S/C22H26N4O3S/c1-13-9-17(14(2)26(13)16-7-5-4-6-8-16)20(27)25-22-24-19(12-30-22)15-10-18(23-11-15)21(28)29-3/h9-12,16,23H,4-8H2,1-3H3,(H,24,25,27). The molecule has 158 valence electrons. The molecule has 0 saturated heterocycles. The molecule has 0 aliphatic heterocycles. The van der Waals surface area contributed by atoms with Crippen LogP contribution in [0.5, 0.6) is 0 Å². The largest absolute Gasteiger partial charge is 0.464 e. The number of thiazole rings is 1. The number of aromatic amines is 1. The Bertz CT molecular complexity index is 1070. The van der Waals surface area contributed by atoms with Crippen molar-refractivity contribution in [2.24, 2.45) is 0 Å². The van der Waals surface area contributed by atoms with Crippen LogP contribution < -0.4 is 5.32 Å². The minimum atomic E-state index is -0.432. The molecule has 0 spiro atoms. The zero-order valence-corrected chi connectivity index (χ0v) is 18.3. The molecular weight excluding hydrogens is 400 g/mol. The van der Waals surface area contributed by atoms with Crippen LogP contribution in [0.3, 0.4) is 0 Å². The van der Waals surface area contributed by atoms with Gasteiger partial charge in [0.1, 0.15) is 5.69 Å². The lowest BCUT2D eigenvalue weighted by Crippen LogP contribution is -2.17. The summed E-state index contributed by atoms with van der Waals surface area (Å²) in [6.45, 7) is 4.10. The second-order valence-corrected chi connectivity index (χ2v) is 8.59. The third-order valence-corrected chi connectivity index (χ3v) is 6.54. The van der Waals surface area contributed by atoms with Crippen LogP contribution in [0, 0.1) is 13.8 Å². The van der Waals surface area contributed by atoms with Gasteiger partial charge in [0.15, 0.2) is 5.13 Å². The number of H-pyrrole nitrogens is 1. The number of esters is 1. The molecule has 1 amide bonds. The Hall–Kier alpha value is -2.87. The molecule has 8 heteroatoms. The van der Waals surface area contributed by atoms with Gasteiger partial charge in [0, 0.05) is 34.6 Å². The van der Waals surface area contributed by atoms with Crippen LogP contribution in [0.25, 0.3) is 11.3 Å². The summed E-state index contributed by atoms with van der Waals surface area (Å²) in [7, 11) is 1.34. The van der Waals surface area contributed by atoms with Crippen molar-refractivity contribution in [3.8, 4) is 11.3 Å². The summed E-state index contributed by atoms with van der Waals surface area (Å²) in [4.78, 5) is 31.9. The summed E-state index contributed by atoms with van der Waals surface area (Å²) in [5.74, 6) is -0.575. The first-order valence-electron chi connectivity index (χ1n) is 10.2. The number of rotatable bonds is 5. The van der Waals surface area contributed by atoms with Crippen molar-refractivity contribution in [1.82, 2.24) is 14.5 Å². The molecule has 2 N–H and O–H groups in total. The van der Waals surface area contributed by atoms with E-state index in [1.807, 2.05) is 18.4 Å². The van der Waals surface area contributed by atoms with E-state index < -0.39 is 5.97 Å². The number of nitrogens with zero attached hydrogens (tertiary/aromatic N) is 2. The quantitative estimate of drug-likeness (QED) is 0.556. The average Bonchev–Trinajstić information content (AvgIpc) is 3.47. The maximum Gasteiger partial charge on any atom is 0.354 e. The number of carbonyl (C=O) groups excluding carboxylic acids is 2. The van der Waals surface area contributed by atoms with Crippen molar-refractivity contribution in [3.63, 3.8) is 0 Å². The van der Waals surface area contributed by atoms with Gasteiger partial charge in [-0.2, -0.15) is 0 Å². The monoisotopic (exact) mass is 426 g/mol. The van der Waals surface area contributed by atoms with E-state index >= 15 is 0 Å². The van der Waals surface area contributed by atoms with E-state index in [2.05, 4.69) is 26.8 Å². The van der Waals surface area contributed by atoms with Gasteiger partial charge in [0.05, 0.1) is 18.4 Å². The number of methoxy groups -OCH3 is 1. The molecule has 0 radical (unpaired) electrons. The molecule has 7 nitrogen and oxygen atoms in total. The molecular formula is C22H26N4O3S. The van der Waals surface area contributed by atoms with E-state index in [0.29, 0.717) is 28.1 Å². The van der Waals surface area contributed by atoms with Crippen molar-refractivity contribution < 1.29 is 14.3 Å². The SMILES string of the molecule is COC(=O)c1cc(-c2csc(NC(=O)c3cc(C)n(C4CCCCC4)c3C)n2)c[nH]1. The van der Waals surface area contributed by atoms with Crippen LogP contribution in [0.15, 0.2) is 23.7 Å². The molecule has 1 aliphatic carbocycles. The minimum absolute atomic E-state index is 0.143. The highest BCUT2D eigenvalue weighted by atomic mass is 32.1. The second kappa shape index (κ2) is 8.47. The Morgan fingerprint density at radius 1 is 1.23 bits per heavy atom. The number of aromatic nitrogens is 3. The van der Waals surface area contributed by atoms with Gasteiger partial charge in [0.25, 0.3) is 5.91 Å². The predicted molar refractivity (Wildman–Crippen MR) is 117 cm³/mol. The molecule has 3 aromatic rings. The van der Waals surface area contributed by atoms with Crippen molar-refractivity contribution in [2.75, 3.05) is 12.4 Å². The Morgan fingerprint density at radius 3 is 2.73 bits per heavy atom. The van der Waals surface area contributed by atoms with E-state index in [0.717, 1.165) is 17.0 Å². The highest BCUT2D eigenvalue weighted by molar-refractivity contribution is 7.14. The summed E-state index contributed by atoms with van der Waals surface area (Å²) in [5, 5.41) is 5.31. The molecule has 3 aromatic heterocycles. The number of hydrogen-bond donors (Lipinski definition) is 2. The summed E-state index contributed by atoms with van der Waals surface area (Å²) in [5.41, 5.74) is 4.66. The number of nitrogens with one attached hydrogen (secondary N) is 2. The third kappa shape index (κ3) is 3.92. The molecule has 0 aromatic carbocycles. The molecule has 0 bridgehead atoms. The van der Waals surface area contributed by atoms with Crippen LogP contribution in [-0.2, 0) is 4.74 Å². The smallest absolute Gasteiger partial charge is 0.354 e. The maximum absolute atomic E-state index is 12.9. The van der Waals surface area contributed by atoms with Crippen molar-refractivity contribution in [3.05, 3.63) is 46.4 Å². The van der Waals surface area contributed by atoms with Gasteiger partial charge in [0.2, 0.25) is 0 Å². The zero-order valence-electron chi connectivity index (χ0n) is 17.4. The van der Waals surface area contributed by atoms with Crippen LogP contribution in [-0.4, -0.2) is 33.5 Å². The van der Waals surface area contributed by atoms with Crippen molar-refractivity contribution in [1.29, 1.82) is 0 Å². The third-order valence-electron chi connectivity index (χ3n) is 5.78. The Morgan fingerprint density at radius 2 is 2.00 bits per heavy atom. The van der Waals surface area contributed by atoms with Crippen LogP contribution >= 0.6 is 11.3 Å². The Kier molecular flexibility index (Phi) is 5.76. The lowest BCUT2D eigenvalue weighted by Gasteiger charge is -2.26. The molecule has 30 heavy (non-hydrogen) atoms. The highest BCUT2D eigenvalue weighted by Gasteiger charge is 2.23. The van der Waals surface area contributed by atoms with E-state index in [-0.39, 0.29) is 5.91 Å². The first-order valence-corrected chi connectivity index (χ1v) is 11.1. The van der Waals surface area contributed by atoms with Gasteiger partial charge in [-0.3, -0.25) is 10.1 Å². The average molecular weight is 427 g/mol. The normalized spacial score (nSPS) is 14.6. The lowest BCUT2D eigenvalue weighted by atomic mass is 9.95. The van der Waals surface area contributed by atoms with Gasteiger partial charge in [-0.25, -0.2) is 9.78 Å². The summed E-state index contributed by atoms with van der Waals surface area (Å²) >= 11 is 1.36. The minimum Gasteiger partial charge on any atom is -0.464 e. The fourth-order valence-corrected chi connectivity index (χ4v) is 5.02. The van der Waals surface area contributed by atoms with Gasteiger partial charge in [-0.15, -0.1) is 11.3 Å². The molecule has 0 unspecified atom stereocenters. The molecule has 1 fully saturated rings. The second-order valence-electron chi connectivity index (χ2n) is 7.73. The first-order chi connectivity index (χ1) is 14.5. The van der Waals surface area contributed by atoms with Crippen LogP contribution in [0.2, 0.25) is 0 Å². The predicted octanol–water partition coefficient (Wildman–Crippen LogP) is 5.10. The molecule has 0 atom stereocenters. The van der Waals surface area contributed by atoms with E-state index in [1.165, 1.54) is 50.6 Å². The van der Waals surface area contributed by atoms with Crippen LogP contribution in [0.1, 0.15) is 70.4 Å². The van der Waals surface area contributed by atoms with E-state index in [4.69, 9.17) is 4.74 Å². The van der Waals surface area contributed by atoms with E-state index in [9.17, 15) is 9.59 Å². The number of carbonyl (C=O) groups is 2. The fraction of sp³-hybridized carbons (Fsp3) is 0.409. The number of anilines is 1. The van der Waals surface area contributed by atoms with Crippen molar-refractivity contribution >= 4 is 28.3 Å². The van der Waals surface area contributed by atoms with Gasteiger partial charge < -0.3 is 14.3 Å². The number of amides is 1. The lowest BCUT2D eigenvalue weighted by molar-refractivity contribution is 0.0594. The summed E-state index contributed by atoms with van der Waals surface area (Å²) in [6, 6.07) is 4.15. The Balaban J connectivity index is 1.50. The molecule has 3 heterocycles. The van der Waals surface area contributed by atoms with Gasteiger partial charge >= 0.3 is 5.97 Å². The number of aryl methyl sites for hydroxylation is 1. The summed E-state index contributed by atoms with van der Waals surface area (Å²) < 4.78 is 7.04. The van der Waals surface area contributed by atoms with Gasteiger partial charge in [-0.05, 0) is 38.8 Å². The summed E-state index contributed by atoms with van der Waals surface area (Å²) in [6.07, 6.45) is 7.86. The van der Waals surface area contributed by atoms with E-state index in [1.54, 1.807) is 12.3 Å². The zero-order chi connectivity index (χ0) is 21.3. The molecule has 1 aliphatic rings. The molecule has 4 rings (SSSR count). The van der Waals surface area contributed by atoms with Crippen molar-refractivity contribution in [2.45, 2.75) is 52.0 Å². The number of ether oxygens (including phenoxy) is 1. The maximum atomic E-state index is 12.9. The molecule has 1 saturated carbocycles. The Labute approximate surface area is 179 Å². The highest BCUT2D eigenvalue weighted by Crippen LogP contribution is 2.33. The number of hydrogen-bond acceptors (Lipinski definition) is 5.